The largest absolute Gasteiger partial charge is 0.463 e. The van der Waals surface area contributed by atoms with Gasteiger partial charge in [-0.05, 0) is 61.9 Å². The zero-order valence-electron chi connectivity index (χ0n) is 20.4. The molecular formula is C28H21BrN2O6S. The van der Waals surface area contributed by atoms with E-state index < -0.39 is 12.0 Å². The van der Waals surface area contributed by atoms with Gasteiger partial charge in [0.2, 0.25) is 6.79 Å². The van der Waals surface area contributed by atoms with E-state index in [0.29, 0.717) is 38.1 Å². The number of nitrogens with zero attached hydrogens (tertiary/aromatic N) is 2. The van der Waals surface area contributed by atoms with E-state index >= 15 is 0 Å². The second-order valence-corrected chi connectivity index (χ2v) is 10.5. The van der Waals surface area contributed by atoms with Gasteiger partial charge < -0.3 is 18.6 Å². The number of carbonyl (C=O) groups excluding carboxylic acids is 1. The fraction of sp³-hybridized carbons (Fsp3) is 0.179. The Morgan fingerprint density at radius 3 is 2.74 bits per heavy atom. The first-order valence-electron chi connectivity index (χ1n) is 11.9. The zero-order chi connectivity index (χ0) is 26.4. The highest BCUT2D eigenvalue weighted by molar-refractivity contribution is 9.10. The normalized spacial score (nSPS) is 16.4. The van der Waals surface area contributed by atoms with E-state index in [1.54, 1.807) is 26.0 Å². The van der Waals surface area contributed by atoms with Crippen LogP contribution < -0.4 is 24.4 Å². The zero-order valence-corrected chi connectivity index (χ0v) is 22.8. The fourth-order valence-corrected chi connectivity index (χ4v) is 5.79. The van der Waals surface area contributed by atoms with Gasteiger partial charge in [0, 0.05) is 10.0 Å². The minimum atomic E-state index is -0.826. The highest BCUT2D eigenvalue weighted by Gasteiger charge is 2.35. The van der Waals surface area contributed by atoms with Crippen LogP contribution in [0.1, 0.15) is 31.2 Å². The van der Waals surface area contributed by atoms with Gasteiger partial charge in [-0.25, -0.2) is 9.79 Å². The summed E-state index contributed by atoms with van der Waals surface area (Å²) in [4.78, 5) is 32.0. The molecule has 0 bridgehead atoms. The molecule has 2 aliphatic rings. The maximum Gasteiger partial charge on any atom is 0.338 e. The molecule has 2 aromatic heterocycles. The summed E-state index contributed by atoms with van der Waals surface area (Å²) in [6.07, 6.45) is 1.78. The average Bonchev–Trinajstić information content (AvgIpc) is 3.63. The molecule has 6 rings (SSSR count). The Morgan fingerprint density at radius 2 is 1.95 bits per heavy atom. The van der Waals surface area contributed by atoms with Crippen LogP contribution >= 0.6 is 27.3 Å². The lowest BCUT2D eigenvalue weighted by molar-refractivity contribution is -0.139. The topological polar surface area (TPSA) is 92.3 Å². The number of hydrogen-bond acceptors (Lipinski definition) is 8. The molecule has 2 aliphatic heterocycles. The number of carbonyl (C=O) groups is 1. The van der Waals surface area contributed by atoms with Gasteiger partial charge in [-0.15, -0.1) is 0 Å². The van der Waals surface area contributed by atoms with Crippen molar-refractivity contribution >= 4 is 39.3 Å². The predicted molar refractivity (Wildman–Crippen MR) is 145 cm³/mol. The van der Waals surface area contributed by atoms with E-state index in [1.807, 2.05) is 48.5 Å². The van der Waals surface area contributed by atoms with Gasteiger partial charge in [-0.1, -0.05) is 45.5 Å². The highest BCUT2D eigenvalue weighted by atomic mass is 79.9. The van der Waals surface area contributed by atoms with E-state index in [2.05, 4.69) is 20.9 Å². The van der Waals surface area contributed by atoms with Gasteiger partial charge in [0.15, 0.2) is 16.3 Å². The van der Waals surface area contributed by atoms with Gasteiger partial charge in [-0.2, -0.15) is 0 Å². The summed E-state index contributed by atoms with van der Waals surface area (Å²) in [7, 11) is 0. The van der Waals surface area contributed by atoms with Crippen molar-refractivity contribution in [1.29, 1.82) is 0 Å². The number of benzene rings is 2. The molecule has 0 saturated heterocycles. The van der Waals surface area contributed by atoms with Crippen LogP contribution in [0.3, 0.4) is 0 Å². The molecule has 4 aromatic rings. The number of esters is 1. The molecular weight excluding hydrogens is 572 g/mol. The van der Waals surface area contributed by atoms with Crippen LogP contribution in [0.4, 0.5) is 0 Å². The number of furan rings is 1. The summed E-state index contributed by atoms with van der Waals surface area (Å²) in [5, 5.41) is 0. The van der Waals surface area contributed by atoms with Gasteiger partial charge in [0.05, 0.1) is 22.4 Å². The molecule has 192 valence electrons. The lowest BCUT2D eigenvalue weighted by Crippen LogP contribution is -2.39. The van der Waals surface area contributed by atoms with Gasteiger partial charge in [0.1, 0.15) is 17.6 Å². The Labute approximate surface area is 229 Å². The first-order valence-corrected chi connectivity index (χ1v) is 13.5. The van der Waals surface area contributed by atoms with Crippen molar-refractivity contribution in [2.24, 2.45) is 4.99 Å². The maximum atomic E-state index is 13.8. The summed E-state index contributed by atoms with van der Waals surface area (Å²) in [6.45, 7) is 3.84. The number of halogens is 1. The summed E-state index contributed by atoms with van der Waals surface area (Å²) in [6, 6.07) is 16.0. The lowest BCUT2D eigenvalue weighted by atomic mass is 10.0. The molecule has 2 aromatic carbocycles. The van der Waals surface area contributed by atoms with Gasteiger partial charge in [-0.3, -0.25) is 9.36 Å². The molecule has 38 heavy (non-hydrogen) atoms. The van der Waals surface area contributed by atoms with E-state index in [9.17, 15) is 9.59 Å². The van der Waals surface area contributed by atoms with Crippen LogP contribution in [0, 0.1) is 0 Å². The summed E-state index contributed by atoms with van der Waals surface area (Å²) in [5.41, 5.74) is 2.12. The number of allylic oxidation sites excluding steroid dienone is 1. The summed E-state index contributed by atoms with van der Waals surface area (Å²) >= 11 is 4.69. The maximum absolute atomic E-state index is 13.8. The molecule has 0 spiro atoms. The molecule has 0 saturated carbocycles. The summed E-state index contributed by atoms with van der Waals surface area (Å²) < 4.78 is 25.4. The van der Waals surface area contributed by atoms with Crippen molar-refractivity contribution in [2.75, 3.05) is 13.4 Å². The number of ether oxygens (including phenoxy) is 3. The smallest absolute Gasteiger partial charge is 0.338 e. The number of rotatable bonds is 5. The van der Waals surface area contributed by atoms with E-state index in [1.165, 1.54) is 15.9 Å². The fourth-order valence-electron chi connectivity index (χ4n) is 4.48. The number of hydrogen-bond donors (Lipinski definition) is 0. The highest BCUT2D eigenvalue weighted by Crippen LogP contribution is 2.35. The quantitative estimate of drug-likeness (QED) is 0.316. The Bertz CT molecular complexity index is 1780. The Morgan fingerprint density at radius 1 is 1.16 bits per heavy atom. The van der Waals surface area contributed by atoms with E-state index in [4.69, 9.17) is 18.6 Å². The van der Waals surface area contributed by atoms with Crippen molar-refractivity contribution < 1.29 is 23.4 Å². The van der Waals surface area contributed by atoms with Crippen molar-refractivity contribution in [3.05, 3.63) is 101 Å². The monoisotopic (exact) mass is 592 g/mol. The van der Waals surface area contributed by atoms with Crippen molar-refractivity contribution in [1.82, 2.24) is 4.57 Å². The molecule has 0 unspecified atom stereocenters. The van der Waals surface area contributed by atoms with Crippen LogP contribution in [-0.4, -0.2) is 23.9 Å². The number of aromatic nitrogens is 1. The predicted octanol–water partition coefficient (Wildman–Crippen LogP) is 4.55. The van der Waals surface area contributed by atoms with Crippen LogP contribution in [0.2, 0.25) is 0 Å². The third-order valence-electron chi connectivity index (χ3n) is 6.24. The molecule has 0 fully saturated rings. The third-order valence-corrected chi connectivity index (χ3v) is 7.75. The van der Waals surface area contributed by atoms with Crippen LogP contribution in [-0.2, 0) is 9.53 Å². The van der Waals surface area contributed by atoms with Crippen molar-refractivity contribution in [3.63, 3.8) is 0 Å². The minimum Gasteiger partial charge on any atom is -0.463 e. The first-order chi connectivity index (χ1) is 18.4. The second kappa shape index (κ2) is 9.77. The van der Waals surface area contributed by atoms with E-state index in [-0.39, 0.29) is 24.5 Å². The first kappa shape index (κ1) is 24.4. The van der Waals surface area contributed by atoms with Crippen LogP contribution in [0.15, 0.2) is 84.5 Å². The van der Waals surface area contributed by atoms with Crippen molar-refractivity contribution in [2.45, 2.75) is 19.9 Å². The molecule has 8 nitrogen and oxygen atoms in total. The van der Waals surface area contributed by atoms with Gasteiger partial charge in [0.25, 0.3) is 5.56 Å². The molecule has 0 N–H and O–H groups in total. The molecule has 1 atom stereocenters. The van der Waals surface area contributed by atoms with Gasteiger partial charge >= 0.3 is 5.97 Å². The standard InChI is InChI=1S/C28H21BrN2O6S/c1-3-34-27(33)24-15(2)30-28-31(25(24)21-11-10-19(37-21)17-5-7-18(29)8-6-17)26(32)23(38-28)13-16-4-9-20-22(12-16)36-14-35-20/h4-13,25H,3,14H2,1-2H3/b23-13-/t25-/m1/s1. The molecule has 4 heterocycles. The van der Waals surface area contributed by atoms with Crippen molar-refractivity contribution in [3.8, 4) is 22.8 Å². The average molecular weight is 593 g/mol. The Kier molecular flexibility index (Phi) is 6.29. The summed E-state index contributed by atoms with van der Waals surface area (Å²) in [5.74, 6) is 1.81. The lowest BCUT2D eigenvalue weighted by Gasteiger charge is -2.22. The van der Waals surface area contributed by atoms with E-state index in [0.717, 1.165) is 15.6 Å². The van der Waals surface area contributed by atoms with Crippen LogP contribution in [0.25, 0.3) is 17.4 Å². The minimum absolute atomic E-state index is 0.169. The van der Waals surface area contributed by atoms with Crippen LogP contribution in [0.5, 0.6) is 11.5 Å². The number of fused-ring (bicyclic) bond motifs is 2. The molecule has 0 aliphatic carbocycles. The second-order valence-electron chi connectivity index (χ2n) is 8.62. The SMILES string of the molecule is CCOC(=O)C1=C(C)N=c2s/c(=C\c3ccc4c(c3)OCO4)c(=O)n2[C@@H]1c1ccc(-c2ccc(Br)cc2)o1. The Balaban J connectivity index is 1.50. The third kappa shape index (κ3) is 4.29. The molecule has 10 heteroatoms. The molecule has 0 amide bonds. The number of thiazole rings is 1. The Hall–Kier alpha value is -3.89. The molecule has 0 radical (unpaired) electrons.